The van der Waals surface area contributed by atoms with Crippen LogP contribution in [0.1, 0.15) is 20.8 Å². The van der Waals surface area contributed by atoms with Gasteiger partial charge in [-0.1, -0.05) is 43.9 Å². The van der Waals surface area contributed by atoms with Gasteiger partial charge in [0.25, 0.3) is 0 Å². The number of hydrogen-bond acceptors (Lipinski definition) is 4. The summed E-state index contributed by atoms with van der Waals surface area (Å²) in [5.74, 6) is 6.21. The molecule has 34 heavy (non-hydrogen) atoms. The number of alkyl halides is 1. The van der Waals surface area contributed by atoms with Crippen molar-refractivity contribution in [1.29, 1.82) is 0 Å². The van der Waals surface area contributed by atoms with Gasteiger partial charge in [0.05, 0.1) is 24.9 Å². The lowest BCUT2D eigenvalue weighted by Crippen LogP contribution is -2.18. The van der Waals surface area contributed by atoms with Crippen molar-refractivity contribution in [2.45, 2.75) is 20.8 Å². The summed E-state index contributed by atoms with van der Waals surface area (Å²) in [6, 6.07) is 11.6. The Kier molecular flexibility index (Phi) is 9.00. The molecule has 0 N–H and O–H groups in total. The Bertz CT molecular complexity index is 1240. The Morgan fingerprint density at radius 2 is 1.76 bits per heavy atom. The van der Waals surface area contributed by atoms with Crippen molar-refractivity contribution in [3.63, 3.8) is 0 Å². The van der Waals surface area contributed by atoms with Crippen molar-refractivity contribution in [3.05, 3.63) is 70.9 Å². The van der Waals surface area contributed by atoms with Crippen LogP contribution in [0.2, 0.25) is 0 Å². The van der Waals surface area contributed by atoms with Gasteiger partial charge in [0.1, 0.15) is 19.0 Å². The molecular weight excluding hydrogens is 457 g/mol. The molecule has 7 heteroatoms. The van der Waals surface area contributed by atoms with Crippen LogP contribution in [0.25, 0.3) is 22.3 Å². The minimum absolute atomic E-state index is 0.154. The molecule has 0 radical (unpaired) electrons. The van der Waals surface area contributed by atoms with E-state index in [1.54, 1.807) is 48.8 Å². The summed E-state index contributed by atoms with van der Waals surface area (Å²) in [7, 11) is 0. The standard InChI is InChI=1S/C27H27ClFNO4/c1-4-34-30-16-23(20-8-7-9-22(14-20)32-13-6-5-12-28)27(31)24(17-30)21-10-11-26(25(29)15-21)33-18-19(2)3/h7-11,14-17,19H,4,12-13,18H2,1-3H3. The molecular formula is C27H27ClFNO4. The summed E-state index contributed by atoms with van der Waals surface area (Å²) in [4.78, 5) is 19.1. The van der Waals surface area contributed by atoms with Gasteiger partial charge in [-0.15, -0.1) is 11.6 Å². The van der Waals surface area contributed by atoms with Crippen LogP contribution >= 0.6 is 11.6 Å². The first kappa shape index (κ1) is 25.2. The maximum Gasteiger partial charge on any atom is 0.197 e. The van der Waals surface area contributed by atoms with Crippen molar-refractivity contribution < 1.29 is 18.7 Å². The fraction of sp³-hybridized carbons (Fsp3) is 0.296. The van der Waals surface area contributed by atoms with Crippen molar-refractivity contribution in [1.82, 2.24) is 4.73 Å². The maximum atomic E-state index is 14.7. The fourth-order valence-electron chi connectivity index (χ4n) is 3.20. The van der Waals surface area contributed by atoms with E-state index in [-0.39, 0.29) is 29.6 Å². The van der Waals surface area contributed by atoms with E-state index >= 15 is 0 Å². The van der Waals surface area contributed by atoms with Crippen LogP contribution in [0, 0.1) is 23.6 Å². The number of nitrogens with zero attached hydrogens (tertiary/aromatic N) is 1. The molecule has 0 unspecified atom stereocenters. The summed E-state index contributed by atoms with van der Waals surface area (Å²) in [5, 5.41) is 0. The van der Waals surface area contributed by atoms with Crippen LogP contribution in [0.5, 0.6) is 11.5 Å². The summed E-state index contributed by atoms with van der Waals surface area (Å²) >= 11 is 5.55. The van der Waals surface area contributed by atoms with Gasteiger partial charge in [0, 0.05) is 11.1 Å². The third kappa shape index (κ3) is 6.55. The van der Waals surface area contributed by atoms with Crippen LogP contribution < -0.4 is 19.7 Å². The number of hydrogen-bond donors (Lipinski definition) is 0. The molecule has 1 heterocycles. The number of pyridine rings is 1. The number of rotatable bonds is 9. The Hall–Kier alpha value is -3.43. The van der Waals surface area contributed by atoms with E-state index in [9.17, 15) is 9.18 Å². The first-order chi connectivity index (χ1) is 16.4. The summed E-state index contributed by atoms with van der Waals surface area (Å²) in [5.41, 5.74) is 1.51. The van der Waals surface area contributed by atoms with Gasteiger partial charge in [-0.3, -0.25) is 4.79 Å². The summed E-state index contributed by atoms with van der Waals surface area (Å²) in [6.07, 6.45) is 3.17. The predicted octanol–water partition coefficient (Wildman–Crippen LogP) is 5.43. The highest BCUT2D eigenvalue weighted by molar-refractivity contribution is 6.19. The van der Waals surface area contributed by atoms with Gasteiger partial charge in [-0.2, -0.15) is 4.73 Å². The maximum absolute atomic E-state index is 14.7. The average Bonchev–Trinajstić information content (AvgIpc) is 2.82. The van der Waals surface area contributed by atoms with E-state index < -0.39 is 5.82 Å². The molecule has 0 saturated heterocycles. The molecule has 0 amide bonds. The molecule has 0 aliphatic rings. The molecule has 0 bridgehead atoms. The molecule has 0 aliphatic carbocycles. The highest BCUT2D eigenvalue weighted by atomic mass is 35.5. The van der Waals surface area contributed by atoms with E-state index in [4.69, 9.17) is 25.9 Å². The average molecular weight is 484 g/mol. The molecule has 0 atom stereocenters. The molecule has 178 valence electrons. The molecule has 0 fully saturated rings. The van der Waals surface area contributed by atoms with E-state index in [2.05, 4.69) is 11.8 Å². The van der Waals surface area contributed by atoms with E-state index in [0.717, 1.165) is 0 Å². The number of benzene rings is 2. The quantitative estimate of drug-likeness (QED) is 0.301. The van der Waals surface area contributed by atoms with Crippen molar-refractivity contribution in [2.75, 3.05) is 25.7 Å². The van der Waals surface area contributed by atoms with E-state index in [1.807, 2.05) is 20.8 Å². The van der Waals surface area contributed by atoms with Crippen LogP contribution in [-0.4, -0.2) is 30.4 Å². The zero-order valence-corrected chi connectivity index (χ0v) is 20.2. The highest BCUT2D eigenvalue weighted by Gasteiger charge is 2.15. The Morgan fingerprint density at radius 3 is 2.41 bits per heavy atom. The third-order valence-corrected chi connectivity index (χ3v) is 4.88. The lowest BCUT2D eigenvalue weighted by molar-refractivity contribution is 0.121. The highest BCUT2D eigenvalue weighted by Crippen LogP contribution is 2.27. The summed E-state index contributed by atoms with van der Waals surface area (Å²) < 4.78 is 27.3. The molecule has 0 aliphatic heterocycles. The van der Waals surface area contributed by atoms with Crippen LogP contribution in [-0.2, 0) is 0 Å². The number of ether oxygens (including phenoxy) is 2. The normalized spacial score (nSPS) is 10.5. The predicted molar refractivity (Wildman–Crippen MR) is 133 cm³/mol. The van der Waals surface area contributed by atoms with Crippen LogP contribution in [0.4, 0.5) is 4.39 Å². The van der Waals surface area contributed by atoms with E-state index in [1.165, 1.54) is 10.8 Å². The monoisotopic (exact) mass is 483 g/mol. The smallest absolute Gasteiger partial charge is 0.197 e. The van der Waals surface area contributed by atoms with Crippen LogP contribution in [0.15, 0.2) is 59.7 Å². The SMILES string of the molecule is CCOn1cc(-c2cccc(OCC#CCCl)c2)c(=O)c(-c2ccc(OCC(C)C)c(F)c2)c1. The molecule has 0 saturated carbocycles. The molecule has 5 nitrogen and oxygen atoms in total. The third-order valence-electron chi connectivity index (χ3n) is 4.74. The summed E-state index contributed by atoms with van der Waals surface area (Å²) in [6.45, 7) is 6.79. The van der Waals surface area contributed by atoms with Gasteiger partial charge >= 0.3 is 0 Å². The minimum Gasteiger partial charge on any atom is -0.490 e. The lowest BCUT2D eigenvalue weighted by Gasteiger charge is -2.14. The Morgan fingerprint density at radius 1 is 1.03 bits per heavy atom. The fourth-order valence-corrected chi connectivity index (χ4v) is 3.30. The van der Waals surface area contributed by atoms with Crippen LogP contribution in [0.3, 0.4) is 0 Å². The van der Waals surface area contributed by atoms with Gasteiger partial charge in [-0.25, -0.2) is 4.39 Å². The van der Waals surface area contributed by atoms with Gasteiger partial charge < -0.3 is 14.3 Å². The Labute approximate surface area is 204 Å². The first-order valence-corrected chi connectivity index (χ1v) is 11.5. The topological polar surface area (TPSA) is 49.7 Å². The second-order valence-electron chi connectivity index (χ2n) is 7.85. The second-order valence-corrected chi connectivity index (χ2v) is 8.11. The number of halogens is 2. The minimum atomic E-state index is -0.528. The first-order valence-electron chi connectivity index (χ1n) is 11.0. The molecule has 3 rings (SSSR count). The Balaban J connectivity index is 2.01. The number of aromatic nitrogens is 1. The molecule has 3 aromatic rings. The molecule has 2 aromatic carbocycles. The van der Waals surface area contributed by atoms with Crippen molar-refractivity contribution in [2.24, 2.45) is 5.92 Å². The zero-order valence-electron chi connectivity index (χ0n) is 19.4. The van der Waals surface area contributed by atoms with Crippen molar-refractivity contribution >= 4 is 11.6 Å². The second kappa shape index (κ2) is 12.2. The lowest BCUT2D eigenvalue weighted by atomic mass is 10.0. The van der Waals surface area contributed by atoms with Gasteiger partial charge in [-0.05, 0) is 48.2 Å². The van der Waals surface area contributed by atoms with Gasteiger partial charge in [0.15, 0.2) is 17.0 Å². The van der Waals surface area contributed by atoms with E-state index in [0.29, 0.717) is 41.2 Å². The van der Waals surface area contributed by atoms with Crippen molar-refractivity contribution in [3.8, 4) is 45.6 Å². The van der Waals surface area contributed by atoms with Gasteiger partial charge in [0.2, 0.25) is 0 Å². The molecule has 0 spiro atoms. The largest absolute Gasteiger partial charge is 0.490 e. The zero-order chi connectivity index (χ0) is 24.5. The molecule has 1 aromatic heterocycles.